The highest BCUT2D eigenvalue weighted by atomic mass is 35.5. The number of carbonyl (C=O) groups is 1. The molecule has 0 N–H and O–H groups in total. The number of hydrogen-bond acceptors (Lipinski definition) is 2. The molecular weight excluding hydrogens is 262 g/mol. The molecule has 1 aromatic carbocycles. The van der Waals surface area contributed by atoms with E-state index in [-0.39, 0.29) is 6.09 Å². The molecule has 0 saturated carbocycles. The second-order valence-electron chi connectivity index (χ2n) is 5.96. The lowest BCUT2D eigenvalue weighted by molar-refractivity contribution is 0.0292. The zero-order valence-electron chi connectivity index (χ0n) is 11.6. The normalized spacial score (nSPS) is 19.6. The number of hydrogen-bond donors (Lipinski definition) is 0. The zero-order chi connectivity index (χ0) is 14.0. The smallest absolute Gasteiger partial charge is 0.410 e. The Bertz CT molecular complexity index is 450. The van der Waals surface area contributed by atoms with Crippen LogP contribution in [0, 0.1) is 0 Å². The van der Waals surface area contributed by atoms with E-state index >= 15 is 0 Å². The Kier molecular flexibility index (Phi) is 4.04. The second kappa shape index (κ2) is 5.41. The van der Waals surface area contributed by atoms with Crippen molar-refractivity contribution in [2.45, 2.75) is 38.7 Å². The van der Waals surface area contributed by atoms with Crippen LogP contribution in [0.15, 0.2) is 24.3 Å². The van der Waals surface area contributed by atoms with Crippen molar-refractivity contribution in [1.29, 1.82) is 0 Å². The third kappa shape index (κ3) is 3.87. The molecule has 0 aliphatic carbocycles. The van der Waals surface area contributed by atoms with Crippen molar-refractivity contribution in [3.05, 3.63) is 34.9 Å². The van der Waals surface area contributed by atoms with Crippen LogP contribution in [-0.4, -0.2) is 29.7 Å². The zero-order valence-corrected chi connectivity index (χ0v) is 12.4. The quantitative estimate of drug-likeness (QED) is 0.777. The lowest BCUT2D eigenvalue weighted by Crippen LogP contribution is -2.35. The highest BCUT2D eigenvalue weighted by Crippen LogP contribution is 2.28. The van der Waals surface area contributed by atoms with Crippen molar-refractivity contribution in [3.8, 4) is 0 Å². The fraction of sp³-hybridized carbons (Fsp3) is 0.533. The lowest BCUT2D eigenvalue weighted by atomic mass is 9.99. The Morgan fingerprint density at radius 1 is 1.32 bits per heavy atom. The molecule has 1 heterocycles. The average molecular weight is 282 g/mol. The molecule has 3 nitrogen and oxygen atoms in total. The molecule has 1 aromatic rings. The summed E-state index contributed by atoms with van der Waals surface area (Å²) in [4.78, 5) is 13.8. The Hall–Kier alpha value is -1.22. The number of halogens is 1. The van der Waals surface area contributed by atoms with Gasteiger partial charge in [-0.3, -0.25) is 0 Å². The molecule has 0 spiro atoms. The Morgan fingerprint density at radius 2 is 1.95 bits per heavy atom. The summed E-state index contributed by atoms with van der Waals surface area (Å²) in [5.74, 6) is 0.379. The van der Waals surface area contributed by atoms with E-state index in [0.29, 0.717) is 5.92 Å². The predicted octanol–water partition coefficient (Wildman–Crippen LogP) is 4.06. The first kappa shape index (κ1) is 14.2. The number of rotatable bonds is 1. The number of ether oxygens (including phenoxy) is 1. The minimum Gasteiger partial charge on any atom is -0.444 e. The Morgan fingerprint density at radius 3 is 2.53 bits per heavy atom. The van der Waals surface area contributed by atoms with Crippen molar-refractivity contribution in [3.63, 3.8) is 0 Å². The first-order chi connectivity index (χ1) is 8.85. The van der Waals surface area contributed by atoms with Gasteiger partial charge in [-0.1, -0.05) is 23.7 Å². The van der Waals surface area contributed by atoms with E-state index in [0.717, 1.165) is 24.5 Å². The van der Waals surface area contributed by atoms with Crippen LogP contribution in [0.5, 0.6) is 0 Å². The molecule has 0 unspecified atom stereocenters. The molecule has 0 bridgehead atoms. The van der Waals surface area contributed by atoms with Gasteiger partial charge in [-0.05, 0) is 44.9 Å². The minimum atomic E-state index is -0.435. The van der Waals surface area contributed by atoms with Crippen molar-refractivity contribution in [2.24, 2.45) is 0 Å². The van der Waals surface area contributed by atoms with Crippen LogP contribution in [0.3, 0.4) is 0 Å². The SMILES string of the molecule is CC(C)(C)OC(=O)N1CC[C@@H](c2ccc(Cl)cc2)C1. The standard InChI is InChI=1S/C15H20ClNO2/c1-15(2,3)19-14(18)17-9-8-12(10-17)11-4-6-13(16)7-5-11/h4-7,12H,8-10H2,1-3H3/t12-/m1/s1. The van der Waals surface area contributed by atoms with Crippen molar-refractivity contribution in [1.82, 2.24) is 4.90 Å². The largest absolute Gasteiger partial charge is 0.444 e. The molecule has 0 aromatic heterocycles. The highest BCUT2D eigenvalue weighted by molar-refractivity contribution is 6.30. The molecule has 104 valence electrons. The van der Waals surface area contributed by atoms with Crippen LogP contribution < -0.4 is 0 Å². The number of nitrogens with zero attached hydrogens (tertiary/aromatic N) is 1. The summed E-state index contributed by atoms with van der Waals surface area (Å²) < 4.78 is 5.39. The van der Waals surface area contributed by atoms with Crippen LogP contribution in [0.25, 0.3) is 0 Å². The Labute approximate surface area is 119 Å². The maximum Gasteiger partial charge on any atom is 0.410 e. The summed E-state index contributed by atoms with van der Waals surface area (Å²) in [5, 5.41) is 0.741. The van der Waals surface area contributed by atoms with Gasteiger partial charge >= 0.3 is 6.09 Å². The molecule has 1 aliphatic heterocycles. The van der Waals surface area contributed by atoms with Crippen molar-refractivity contribution < 1.29 is 9.53 Å². The molecule has 1 aliphatic rings. The average Bonchev–Trinajstić information content (AvgIpc) is 2.77. The van der Waals surface area contributed by atoms with Gasteiger partial charge in [0.1, 0.15) is 5.60 Å². The van der Waals surface area contributed by atoms with E-state index < -0.39 is 5.60 Å². The van der Waals surface area contributed by atoms with E-state index in [1.54, 1.807) is 4.90 Å². The molecule has 1 saturated heterocycles. The topological polar surface area (TPSA) is 29.5 Å². The number of likely N-dealkylation sites (tertiary alicyclic amines) is 1. The summed E-state index contributed by atoms with van der Waals surface area (Å²) in [6, 6.07) is 7.86. The van der Waals surface area contributed by atoms with Crippen molar-refractivity contribution >= 4 is 17.7 Å². The third-order valence-corrected chi connectivity index (χ3v) is 3.43. The summed E-state index contributed by atoms with van der Waals surface area (Å²) in [6.07, 6.45) is 0.755. The van der Waals surface area contributed by atoms with Gasteiger partial charge in [-0.25, -0.2) is 4.79 Å². The van der Waals surface area contributed by atoms with Crippen LogP contribution >= 0.6 is 11.6 Å². The van der Waals surface area contributed by atoms with E-state index in [1.807, 2.05) is 45.0 Å². The first-order valence-electron chi connectivity index (χ1n) is 6.58. The van der Waals surface area contributed by atoms with Gasteiger partial charge in [-0.2, -0.15) is 0 Å². The van der Waals surface area contributed by atoms with E-state index in [9.17, 15) is 4.79 Å². The Balaban J connectivity index is 1.96. The molecule has 1 fully saturated rings. The predicted molar refractivity (Wildman–Crippen MR) is 76.6 cm³/mol. The fourth-order valence-electron chi connectivity index (χ4n) is 2.26. The molecule has 1 amide bonds. The third-order valence-electron chi connectivity index (χ3n) is 3.18. The molecule has 4 heteroatoms. The van der Waals surface area contributed by atoms with Gasteiger partial charge in [0.05, 0.1) is 0 Å². The van der Waals surface area contributed by atoms with Gasteiger partial charge in [0.15, 0.2) is 0 Å². The minimum absolute atomic E-state index is 0.219. The summed E-state index contributed by atoms with van der Waals surface area (Å²) in [6.45, 7) is 7.13. The summed E-state index contributed by atoms with van der Waals surface area (Å²) in [5.41, 5.74) is 0.797. The molecule has 0 radical (unpaired) electrons. The fourth-order valence-corrected chi connectivity index (χ4v) is 2.39. The number of carbonyl (C=O) groups excluding carboxylic acids is 1. The van der Waals surface area contributed by atoms with Crippen LogP contribution in [0.1, 0.15) is 38.7 Å². The van der Waals surface area contributed by atoms with Crippen LogP contribution in [-0.2, 0) is 4.74 Å². The number of benzene rings is 1. The summed E-state index contributed by atoms with van der Waals surface area (Å²) in [7, 11) is 0. The van der Waals surface area contributed by atoms with E-state index in [1.165, 1.54) is 5.56 Å². The summed E-state index contributed by atoms with van der Waals surface area (Å²) >= 11 is 5.89. The second-order valence-corrected chi connectivity index (χ2v) is 6.40. The molecule has 1 atom stereocenters. The van der Waals surface area contributed by atoms with E-state index in [4.69, 9.17) is 16.3 Å². The van der Waals surface area contributed by atoms with Gasteiger partial charge in [-0.15, -0.1) is 0 Å². The molecular formula is C15H20ClNO2. The molecule has 2 rings (SSSR count). The maximum atomic E-state index is 12.0. The van der Waals surface area contributed by atoms with Gasteiger partial charge < -0.3 is 9.64 Å². The highest BCUT2D eigenvalue weighted by Gasteiger charge is 2.30. The van der Waals surface area contributed by atoms with E-state index in [2.05, 4.69) is 0 Å². The number of amides is 1. The van der Waals surface area contributed by atoms with Gasteiger partial charge in [0, 0.05) is 24.0 Å². The van der Waals surface area contributed by atoms with Crippen LogP contribution in [0.2, 0.25) is 5.02 Å². The molecule has 19 heavy (non-hydrogen) atoms. The van der Waals surface area contributed by atoms with Gasteiger partial charge in [0.2, 0.25) is 0 Å². The maximum absolute atomic E-state index is 12.0. The monoisotopic (exact) mass is 281 g/mol. The first-order valence-corrected chi connectivity index (χ1v) is 6.96. The lowest BCUT2D eigenvalue weighted by Gasteiger charge is -2.24. The van der Waals surface area contributed by atoms with Crippen LogP contribution in [0.4, 0.5) is 4.79 Å². The van der Waals surface area contributed by atoms with Crippen molar-refractivity contribution in [2.75, 3.05) is 13.1 Å². The van der Waals surface area contributed by atoms with Gasteiger partial charge in [0.25, 0.3) is 0 Å².